The van der Waals surface area contributed by atoms with E-state index in [0.29, 0.717) is 6.54 Å². The number of amides is 1. The lowest BCUT2D eigenvalue weighted by Gasteiger charge is -2.28. The van der Waals surface area contributed by atoms with Gasteiger partial charge in [-0.15, -0.1) is 0 Å². The zero-order valence-corrected chi connectivity index (χ0v) is 10.4. The Hall–Kier alpha value is -1.10. The van der Waals surface area contributed by atoms with Crippen LogP contribution in [0.3, 0.4) is 0 Å². The standard InChI is InChI=1S/C12H22N2O3/c1-2-12(5-3-4-6-12)8-14-11(17)9(13)7-10(15)16/h9H,2-8,13H2,1H3,(H,14,17)(H,15,16). The first kappa shape index (κ1) is 14.0. The van der Waals surface area contributed by atoms with Gasteiger partial charge in [0, 0.05) is 6.54 Å². The Morgan fingerprint density at radius 3 is 2.47 bits per heavy atom. The van der Waals surface area contributed by atoms with Crippen molar-refractivity contribution in [2.75, 3.05) is 6.54 Å². The molecule has 0 saturated heterocycles. The smallest absolute Gasteiger partial charge is 0.305 e. The van der Waals surface area contributed by atoms with Crippen molar-refractivity contribution in [1.82, 2.24) is 5.32 Å². The Morgan fingerprint density at radius 1 is 1.41 bits per heavy atom. The third kappa shape index (κ3) is 4.00. The van der Waals surface area contributed by atoms with E-state index in [-0.39, 0.29) is 17.7 Å². The molecule has 1 aliphatic carbocycles. The maximum Gasteiger partial charge on any atom is 0.305 e. The molecule has 5 nitrogen and oxygen atoms in total. The molecule has 1 fully saturated rings. The van der Waals surface area contributed by atoms with Crippen LogP contribution in [0.2, 0.25) is 0 Å². The second kappa shape index (κ2) is 6.00. The van der Waals surface area contributed by atoms with Crippen LogP contribution in [-0.2, 0) is 9.59 Å². The van der Waals surface area contributed by atoms with Gasteiger partial charge >= 0.3 is 5.97 Å². The molecule has 0 heterocycles. The molecule has 1 unspecified atom stereocenters. The number of hydrogen-bond donors (Lipinski definition) is 3. The summed E-state index contributed by atoms with van der Waals surface area (Å²) in [6.07, 6.45) is 5.43. The molecule has 17 heavy (non-hydrogen) atoms. The van der Waals surface area contributed by atoms with E-state index in [1.807, 2.05) is 0 Å². The van der Waals surface area contributed by atoms with Crippen molar-refractivity contribution in [2.24, 2.45) is 11.1 Å². The molecule has 0 spiro atoms. The van der Waals surface area contributed by atoms with E-state index < -0.39 is 12.0 Å². The van der Waals surface area contributed by atoms with Crippen molar-refractivity contribution in [3.8, 4) is 0 Å². The van der Waals surface area contributed by atoms with Crippen LogP contribution in [0.15, 0.2) is 0 Å². The van der Waals surface area contributed by atoms with Gasteiger partial charge < -0.3 is 16.2 Å². The summed E-state index contributed by atoms with van der Waals surface area (Å²) >= 11 is 0. The van der Waals surface area contributed by atoms with Crippen molar-refractivity contribution in [3.63, 3.8) is 0 Å². The molecule has 0 radical (unpaired) electrons. The van der Waals surface area contributed by atoms with E-state index >= 15 is 0 Å². The Labute approximate surface area is 102 Å². The van der Waals surface area contributed by atoms with E-state index in [0.717, 1.165) is 19.3 Å². The number of aliphatic carboxylic acids is 1. The lowest BCUT2D eigenvalue weighted by molar-refractivity contribution is -0.139. The monoisotopic (exact) mass is 242 g/mol. The van der Waals surface area contributed by atoms with Crippen molar-refractivity contribution in [1.29, 1.82) is 0 Å². The lowest BCUT2D eigenvalue weighted by atomic mass is 9.83. The minimum absolute atomic E-state index is 0.207. The number of hydrogen-bond acceptors (Lipinski definition) is 3. The Kier molecular flexibility index (Phi) is 4.93. The predicted molar refractivity (Wildman–Crippen MR) is 64.4 cm³/mol. The first-order valence-electron chi connectivity index (χ1n) is 6.24. The fraction of sp³-hybridized carbons (Fsp3) is 0.833. The SMILES string of the molecule is CCC1(CNC(=O)C(N)CC(=O)O)CCCC1. The molecule has 0 aromatic heterocycles. The van der Waals surface area contributed by atoms with Crippen LogP contribution in [0.25, 0.3) is 0 Å². The third-order valence-electron chi connectivity index (χ3n) is 3.78. The molecule has 1 aliphatic rings. The summed E-state index contributed by atoms with van der Waals surface area (Å²) in [4.78, 5) is 22.0. The van der Waals surface area contributed by atoms with Gasteiger partial charge in [0.15, 0.2) is 0 Å². The summed E-state index contributed by atoms with van der Waals surface area (Å²) in [5.41, 5.74) is 5.70. The molecule has 1 saturated carbocycles. The first-order valence-corrected chi connectivity index (χ1v) is 6.24. The van der Waals surface area contributed by atoms with Gasteiger partial charge in [-0.05, 0) is 24.7 Å². The molecule has 4 N–H and O–H groups in total. The number of carbonyl (C=O) groups is 2. The molecule has 0 aromatic rings. The van der Waals surface area contributed by atoms with Gasteiger partial charge in [0.25, 0.3) is 0 Å². The quantitative estimate of drug-likeness (QED) is 0.644. The molecule has 0 bridgehead atoms. The fourth-order valence-corrected chi connectivity index (χ4v) is 2.47. The number of carboxylic acid groups (broad SMARTS) is 1. The van der Waals surface area contributed by atoms with E-state index in [1.54, 1.807) is 0 Å². The predicted octanol–water partition coefficient (Wildman–Crippen LogP) is 0.875. The summed E-state index contributed by atoms with van der Waals surface area (Å²) in [5.74, 6) is -1.40. The van der Waals surface area contributed by atoms with Crippen molar-refractivity contribution in [2.45, 2.75) is 51.5 Å². The topological polar surface area (TPSA) is 92.4 Å². The zero-order chi connectivity index (χ0) is 12.9. The number of carbonyl (C=O) groups excluding carboxylic acids is 1. The average Bonchev–Trinajstić information content (AvgIpc) is 2.74. The highest BCUT2D eigenvalue weighted by molar-refractivity contribution is 5.85. The molecule has 1 amide bonds. The van der Waals surface area contributed by atoms with Gasteiger partial charge in [-0.1, -0.05) is 19.8 Å². The van der Waals surface area contributed by atoms with Crippen LogP contribution < -0.4 is 11.1 Å². The minimum atomic E-state index is -1.04. The Bertz CT molecular complexity index is 285. The van der Waals surface area contributed by atoms with Crippen LogP contribution >= 0.6 is 0 Å². The van der Waals surface area contributed by atoms with E-state index in [2.05, 4.69) is 12.2 Å². The van der Waals surface area contributed by atoms with Gasteiger partial charge in [0.2, 0.25) is 5.91 Å². The van der Waals surface area contributed by atoms with Crippen molar-refractivity contribution in [3.05, 3.63) is 0 Å². The summed E-state index contributed by atoms with van der Waals surface area (Å²) < 4.78 is 0. The molecule has 1 rings (SSSR count). The Morgan fingerprint density at radius 2 is 2.00 bits per heavy atom. The second-order valence-corrected chi connectivity index (χ2v) is 4.98. The maximum atomic E-state index is 11.6. The third-order valence-corrected chi connectivity index (χ3v) is 3.78. The van der Waals surface area contributed by atoms with Crippen LogP contribution in [0.5, 0.6) is 0 Å². The second-order valence-electron chi connectivity index (χ2n) is 4.98. The van der Waals surface area contributed by atoms with Gasteiger partial charge in [-0.2, -0.15) is 0 Å². The first-order chi connectivity index (χ1) is 7.99. The molecular weight excluding hydrogens is 220 g/mol. The maximum absolute atomic E-state index is 11.6. The van der Waals surface area contributed by atoms with E-state index in [1.165, 1.54) is 12.8 Å². The van der Waals surface area contributed by atoms with E-state index in [4.69, 9.17) is 10.8 Å². The van der Waals surface area contributed by atoms with Crippen LogP contribution in [0.1, 0.15) is 45.4 Å². The number of carboxylic acids is 1. The molecule has 98 valence electrons. The summed E-state index contributed by atoms with van der Waals surface area (Å²) in [6.45, 7) is 2.75. The molecule has 0 aliphatic heterocycles. The normalized spacial score (nSPS) is 19.9. The summed E-state index contributed by atoms with van der Waals surface area (Å²) in [7, 11) is 0. The number of nitrogens with two attached hydrogens (primary N) is 1. The average molecular weight is 242 g/mol. The van der Waals surface area contributed by atoms with Crippen LogP contribution in [0, 0.1) is 5.41 Å². The highest BCUT2D eigenvalue weighted by atomic mass is 16.4. The highest BCUT2D eigenvalue weighted by Crippen LogP contribution is 2.40. The molecule has 1 atom stereocenters. The molecule has 0 aromatic carbocycles. The molecule has 5 heteroatoms. The van der Waals surface area contributed by atoms with Gasteiger partial charge in [-0.25, -0.2) is 0 Å². The number of nitrogens with one attached hydrogen (secondary N) is 1. The highest BCUT2D eigenvalue weighted by Gasteiger charge is 2.32. The number of rotatable bonds is 6. The van der Waals surface area contributed by atoms with Gasteiger partial charge in [0.1, 0.15) is 0 Å². The summed E-state index contributed by atoms with van der Waals surface area (Å²) in [5, 5.41) is 11.3. The van der Waals surface area contributed by atoms with Crippen LogP contribution in [-0.4, -0.2) is 29.6 Å². The Balaban J connectivity index is 2.38. The van der Waals surface area contributed by atoms with Crippen LogP contribution in [0.4, 0.5) is 0 Å². The van der Waals surface area contributed by atoms with Crippen molar-refractivity contribution >= 4 is 11.9 Å². The summed E-state index contributed by atoms with van der Waals surface area (Å²) in [6, 6.07) is -0.942. The lowest BCUT2D eigenvalue weighted by Crippen LogP contribution is -2.45. The van der Waals surface area contributed by atoms with E-state index in [9.17, 15) is 9.59 Å². The largest absolute Gasteiger partial charge is 0.481 e. The van der Waals surface area contributed by atoms with Gasteiger partial charge in [-0.3, -0.25) is 9.59 Å². The minimum Gasteiger partial charge on any atom is -0.481 e. The molecular formula is C12H22N2O3. The van der Waals surface area contributed by atoms with Crippen molar-refractivity contribution < 1.29 is 14.7 Å². The van der Waals surface area contributed by atoms with Gasteiger partial charge in [0.05, 0.1) is 12.5 Å². The zero-order valence-electron chi connectivity index (χ0n) is 10.4. The fourth-order valence-electron chi connectivity index (χ4n) is 2.47.